The summed E-state index contributed by atoms with van der Waals surface area (Å²) in [5.41, 5.74) is 0.643. The van der Waals surface area contributed by atoms with Gasteiger partial charge in [0.1, 0.15) is 5.75 Å². The van der Waals surface area contributed by atoms with Crippen LogP contribution in [0.4, 0.5) is 11.4 Å². The summed E-state index contributed by atoms with van der Waals surface area (Å²) in [6, 6.07) is 12.1. The molecule has 2 heterocycles. The van der Waals surface area contributed by atoms with E-state index in [9.17, 15) is 29.9 Å². The first-order valence-corrected chi connectivity index (χ1v) is 11.1. The number of aromatic hydroxyl groups is 1. The molecule has 172 valence electrons. The molecule has 0 bridgehead atoms. The Hall–Kier alpha value is -3.30. The van der Waals surface area contributed by atoms with Gasteiger partial charge in [0.15, 0.2) is 5.79 Å². The molecule has 3 fully saturated rings. The lowest BCUT2D eigenvalue weighted by molar-refractivity contribution is -0.384. The monoisotopic (exact) mass is 452 g/mol. The van der Waals surface area contributed by atoms with Crippen LogP contribution in [0, 0.1) is 33.8 Å². The minimum absolute atomic E-state index is 0.0758. The van der Waals surface area contributed by atoms with Crippen LogP contribution in [-0.4, -0.2) is 32.7 Å². The number of ether oxygens (including phenoxy) is 1. The fourth-order valence-corrected chi connectivity index (χ4v) is 5.88. The molecule has 0 unspecified atom stereocenters. The molecule has 0 radical (unpaired) electrons. The van der Waals surface area contributed by atoms with Gasteiger partial charge in [0.05, 0.1) is 28.6 Å². The summed E-state index contributed by atoms with van der Waals surface area (Å²) >= 11 is 0. The molecule has 33 heavy (non-hydrogen) atoms. The Morgan fingerprint density at radius 2 is 1.91 bits per heavy atom. The van der Waals surface area contributed by atoms with E-state index in [0.717, 1.165) is 4.90 Å². The van der Waals surface area contributed by atoms with Crippen LogP contribution >= 0.6 is 0 Å². The molecule has 2 aromatic rings. The molecule has 5 rings (SSSR count). The molecule has 0 aromatic heterocycles. The number of non-ortho nitro benzene ring substituents is 1. The molecule has 9 nitrogen and oxygen atoms in total. The van der Waals surface area contributed by atoms with Crippen LogP contribution < -0.4 is 4.90 Å². The van der Waals surface area contributed by atoms with E-state index in [1.54, 1.807) is 24.3 Å². The molecule has 2 saturated heterocycles. The summed E-state index contributed by atoms with van der Waals surface area (Å²) in [5, 5.41) is 32.7. The van der Waals surface area contributed by atoms with Gasteiger partial charge in [-0.25, -0.2) is 4.90 Å². The van der Waals surface area contributed by atoms with E-state index < -0.39 is 46.4 Å². The second kappa shape index (κ2) is 7.64. The standard InChI is InChI=1S/C24H24N2O7/c1-2-14-10-18-21(19-12-20(33-24(14,19)30)13-5-3-8-17(27)9-13)23(29)25(22(18)28)15-6-4-7-16(11-15)26(31)32/h3-9,11,14,18-21,27,30H,2,10,12H2,1H3/t14-,18-,19-,20-,21-,24+/m0/s1. The Morgan fingerprint density at radius 1 is 1.15 bits per heavy atom. The maximum atomic E-state index is 13.5. The number of hydrogen-bond acceptors (Lipinski definition) is 7. The third kappa shape index (κ3) is 3.22. The van der Waals surface area contributed by atoms with Crippen LogP contribution in [0.2, 0.25) is 0 Å². The lowest BCUT2D eigenvalue weighted by Crippen LogP contribution is -2.53. The van der Waals surface area contributed by atoms with Gasteiger partial charge >= 0.3 is 0 Å². The lowest BCUT2D eigenvalue weighted by atomic mass is 9.64. The van der Waals surface area contributed by atoms with E-state index >= 15 is 0 Å². The summed E-state index contributed by atoms with van der Waals surface area (Å²) < 4.78 is 6.15. The van der Waals surface area contributed by atoms with Crippen molar-refractivity contribution in [2.45, 2.75) is 38.1 Å². The van der Waals surface area contributed by atoms with E-state index in [0.29, 0.717) is 18.4 Å². The number of amides is 2. The number of anilines is 1. The molecule has 6 atom stereocenters. The van der Waals surface area contributed by atoms with Crippen molar-refractivity contribution >= 4 is 23.2 Å². The number of benzene rings is 2. The zero-order chi connectivity index (χ0) is 23.5. The van der Waals surface area contributed by atoms with Crippen molar-refractivity contribution in [3.63, 3.8) is 0 Å². The van der Waals surface area contributed by atoms with Gasteiger partial charge in [-0.15, -0.1) is 0 Å². The first-order valence-electron chi connectivity index (χ1n) is 11.1. The van der Waals surface area contributed by atoms with E-state index in [1.165, 1.54) is 24.3 Å². The number of carbonyl (C=O) groups is 2. The Bertz CT molecular complexity index is 1150. The quantitative estimate of drug-likeness (QED) is 0.413. The molecule has 1 saturated carbocycles. The highest BCUT2D eigenvalue weighted by Crippen LogP contribution is 2.59. The normalized spacial score (nSPS) is 33.2. The molecule has 3 aliphatic rings. The van der Waals surface area contributed by atoms with Gasteiger partial charge in [0.2, 0.25) is 11.8 Å². The smallest absolute Gasteiger partial charge is 0.271 e. The molecule has 2 amide bonds. The van der Waals surface area contributed by atoms with Crippen LogP contribution in [-0.2, 0) is 14.3 Å². The number of rotatable bonds is 4. The minimum atomic E-state index is -1.58. The number of imide groups is 1. The zero-order valence-corrected chi connectivity index (χ0v) is 18.0. The first kappa shape index (κ1) is 21.5. The van der Waals surface area contributed by atoms with Crippen molar-refractivity contribution in [2.75, 3.05) is 4.90 Å². The summed E-state index contributed by atoms with van der Waals surface area (Å²) in [7, 11) is 0. The van der Waals surface area contributed by atoms with Crippen LogP contribution in [0.1, 0.15) is 37.9 Å². The SMILES string of the molecule is CC[C@H]1C[C@@H]2C(=O)N(c3cccc([N+](=O)[O-])c3)C(=O)[C@@H]2[C@@H]2C[C@@H](c3cccc(O)c3)O[C@]12O. The highest BCUT2D eigenvalue weighted by atomic mass is 16.6. The molecular formula is C24H24N2O7. The lowest BCUT2D eigenvalue weighted by Gasteiger charge is -2.44. The second-order valence-corrected chi connectivity index (χ2v) is 9.06. The number of nitrogens with zero attached hydrogens (tertiary/aromatic N) is 2. The summed E-state index contributed by atoms with van der Waals surface area (Å²) in [4.78, 5) is 38.6. The number of nitro benzene ring substituents is 1. The molecular weight excluding hydrogens is 428 g/mol. The van der Waals surface area contributed by atoms with Gasteiger partial charge in [-0.2, -0.15) is 0 Å². The second-order valence-electron chi connectivity index (χ2n) is 9.06. The maximum absolute atomic E-state index is 13.5. The fourth-order valence-electron chi connectivity index (χ4n) is 5.88. The number of hydrogen-bond donors (Lipinski definition) is 2. The van der Waals surface area contributed by atoms with Crippen molar-refractivity contribution in [2.24, 2.45) is 23.7 Å². The maximum Gasteiger partial charge on any atom is 0.271 e. The van der Waals surface area contributed by atoms with E-state index in [1.807, 2.05) is 6.92 Å². The van der Waals surface area contributed by atoms with Crippen LogP contribution in [0.15, 0.2) is 48.5 Å². The van der Waals surface area contributed by atoms with Crippen molar-refractivity contribution < 1.29 is 29.5 Å². The van der Waals surface area contributed by atoms with Gasteiger partial charge < -0.3 is 14.9 Å². The third-order valence-electron chi connectivity index (χ3n) is 7.40. The highest BCUT2D eigenvalue weighted by molar-refractivity contribution is 6.22. The summed E-state index contributed by atoms with van der Waals surface area (Å²) in [5.74, 6) is -4.75. The van der Waals surface area contributed by atoms with Crippen LogP contribution in [0.3, 0.4) is 0 Å². The first-order chi connectivity index (χ1) is 15.7. The van der Waals surface area contributed by atoms with Gasteiger partial charge in [-0.05, 0) is 43.0 Å². The Morgan fingerprint density at radius 3 is 2.61 bits per heavy atom. The van der Waals surface area contributed by atoms with Crippen molar-refractivity contribution in [3.05, 3.63) is 64.2 Å². The van der Waals surface area contributed by atoms with Gasteiger partial charge in [-0.1, -0.05) is 25.1 Å². The van der Waals surface area contributed by atoms with Crippen molar-refractivity contribution in [1.29, 1.82) is 0 Å². The molecule has 9 heteroatoms. The number of nitro groups is 1. The third-order valence-corrected chi connectivity index (χ3v) is 7.40. The van der Waals surface area contributed by atoms with Crippen LogP contribution in [0.25, 0.3) is 0 Å². The van der Waals surface area contributed by atoms with E-state index in [-0.39, 0.29) is 29.5 Å². The number of aliphatic hydroxyl groups is 1. The Kier molecular flexibility index (Phi) is 4.98. The van der Waals surface area contributed by atoms with Crippen LogP contribution in [0.5, 0.6) is 5.75 Å². The van der Waals surface area contributed by atoms with E-state index in [2.05, 4.69) is 0 Å². The predicted octanol–water partition coefficient (Wildman–Crippen LogP) is 3.30. The average Bonchev–Trinajstić information content (AvgIpc) is 3.27. The number of phenols is 1. The predicted molar refractivity (Wildman–Crippen MR) is 116 cm³/mol. The minimum Gasteiger partial charge on any atom is -0.508 e. The van der Waals surface area contributed by atoms with Gasteiger partial charge in [-0.3, -0.25) is 19.7 Å². The number of fused-ring (bicyclic) bond motifs is 3. The average molecular weight is 452 g/mol. The Labute approximate surface area is 189 Å². The number of carbonyl (C=O) groups excluding carboxylic acids is 2. The van der Waals surface area contributed by atoms with Crippen molar-refractivity contribution in [3.8, 4) is 5.75 Å². The highest BCUT2D eigenvalue weighted by Gasteiger charge is 2.66. The molecule has 1 aliphatic carbocycles. The van der Waals surface area contributed by atoms with Gasteiger partial charge in [0.25, 0.3) is 5.69 Å². The number of phenolic OH excluding ortho intramolecular Hbond substituents is 1. The molecule has 2 aromatic carbocycles. The summed E-state index contributed by atoms with van der Waals surface area (Å²) in [6.45, 7) is 1.91. The summed E-state index contributed by atoms with van der Waals surface area (Å²) in [6.07, 6.45) is 0.632. The topological polar surface area (TPSA) is 130 Å². The largest absolute Gasteiger partial charge is 0.508 e. The zero-order valence-electron chi connectivity index (χ0n) is 18.0. The molecule has 2 N–H and O–H groups in total. The van der Waals surface area contributed by atoms with E-state index in [4.69, 9.17) is 4.74 Å². The fraction of sp³-hybridized carbons (Fsp3) is 0.417. The molecule has 2 aliphatic heterocycles. The van der Waals surface area contributed by atoms with Gasteiger partial charge in [0, 0.05) is 24.0 Å². The van der Waals surface area contributed by atoms with Crippen molar-refractivity contribution in [1.82, 2.24) is 0 Å². The Balaban J connectivity index is 1.52. The molecule has 0 spiro atoms.